The second-order valence-electron chi connectivity index (χ2n) is 4.68. The van der Waals surface area contributed by atoms with Crippen LogP contribution in [0.3, 0.4) is 0 Å². The van der Waals surface area contributed by atoms with Crippen molar-refractivity contribution in [3.63, 3.8) is 0 Å². The van der Waals surface area contributed by atoms with Crippen LogP contribution in [0.15, 0.2) is 42.6 Å². The molecule has 0 amide bonds. The summed E-state index contributed by atoms with van der Waals surface area (Å²) in [5.74, 6) is -1.32. The maximum absolute atomic E-state index is 13.9. The molecule has 0 N–H and O–H groups in total. The summed E-state index contributed by atoms with van der Waals surface area (Å²) in [6.07, 6.45) is 2.44. The highest BCUT2D eigenvalue weighted by Gasteiger charge is 2.15. The van der Waals surface area contributed by atoms with Crippen LogP contribution in [0.1, 0.15) is 16.1 Å². The Morgan fingerprint density at radius 2 is 1.85 bits per heavy atom. The number of benzene rings is 1. The lowest BCUT2D eigenvalue weighted by atomic mass is 10.1. The lowest BCUT2D eigenvalue weighted by molar-refractivity contribution is 0.111. The van der Waals surface area contributed by atoms with Crippen molar-refractivity contribution in [2.75, 3.05) is 0 Å². The van der Waals surface area contributed by atoms with E-state index >= 15 is 0 Å². The van der Waals surface area contributed by atoms with E-state index in [1.807, 2.05) is 19.1 Å². The number of pyridine rings is 1. The SMILES string of the molecule is Cc1ccn2c(C=O)c(-c3ccc(F)cc3F)cc2c1. The number of hydrogen-bond donors (Lipinski definition) is 0. The summed E-state index contributed by atoms with van der Waals surface area (Å²) in [5.41, 5.74) is 2.87. The molecule has 4 heteroatoms. The topological polar surface area (TPSA) is 21.5 Å². The molecule has 20 heavy (non-hydrogen) atoms. The smallest absolute Gasteiger partial charge is 0.167 e. The summed E-state index contributed by atoms with van der Waals surface area (Å²) in [4.78, 5) is 11.3. The first-order chi connectivity index (χ1) is 9.60. The van der Waals surface area contributed by atoms with Gasteiger partial charge >= 0.3 is 0 Å². The first-order valence-corrected chi connectivity index (χ1v) is 6.12. The van der Waals surface area contributed by atoms with Crippen LogP contribution in [0, 0.1) is 18.6 Å². The number of fused-ring (bicyclic) bond motifs is 1. The van der Waals surface area contributed by atoms with Crippen molar-refractivity contribution in [1.82, 2.24) is 4.40 Å². The Labute approximate surface area is 114 Å². The van der Waals surface area contributed by atoms with Gasteiger partial charge in [-0.05, 0) is 42.8 Å². The summed E-state index contributed by atoms with van der Waals surface area (Å²) < 4.78 is 28.6. The van der Waals surface area contributed by atoms with Gasteiger partial charge in [0.2, 0.25) is 0 Å². The van der Waals surface area contributed by atoms with Crippen LogP contribution in [-0.4, -0.2) is 10.7 Å². The van der Waals surface area contributed by atoms with E-state index in [0.717, 1.165) is 17.1 Å². The number of hydrogen-bond acceptors (Lipinski definition) is 1. The van der Waals surface area contributed by atoms with Gasteiger partial charge in [0.15, 0.2) is 6.29 Å². The monoisotopic (exact) mass is 271 g/mol. The van der Waals surface area contributed by atoms with E-state index in [0.29, 0.717) is 17.5 Å². The predicted molar refractivity (Wildman–Crippen MR) is 72.9 cm³/mol. The second kappa shape index (κ2) is 4.56. The Balaban J connectivity index is 2.32. The molecule has 0 bridgehead atoms. The fourth-order valence-corrected chi connectivity index (χ4v) is 2.36. The number of carbonyl (C=O) groups excluding carboxylic acids is 1. The Morgan fingerprint density at radius 1 is 1.05 bits per heavy atom. The van der Waals surface area contributed by atoms with Gasteiger partial charge in [-0.1, -0.05) is 0 Å². The minimum absolute atomic E-state index is 0.217. The Hall–Kier alpha value is -2.49. The molecule has 1 aromatic carbocycles. The van der Waals surface area contributed by atoms with E-state index in [9.17, 15) is 13.6 Å². The minimum Gasteiger partial charge on any atom is -0.314 e. The Morgan fingerprint density at radius 3 is 2.55 bits per heavy atom. The number of carbonyl (C=O) groups is 1. The second-order valence-corrected chi connectivity index (χ2v) is 4.68. The third kappa shape index (κ3) is 1.90. The lowest BCUT2D eigenvalue weighted by Gasteiger charge is -2.02. The van der Waals surface area contributed by atoms with Gasteiger partial charge in [-0.2, -0.15) is 0 Å². The molecule has 2 heterocycles. The number of aryl methyl sites for hydroxylation is 1. The van der Waals surface area contributed by atoms with Crippen LogP contribution >= 0.6 is 0 Å². The van der Waals surface area contributed by atoms with Crippen molar-refractivity contribution in [3.8, 4) is 11.1 Å². The molecular formula is C16H11F2NO. The summed E-state index contributed by atoms with van der Waals surface area (Å²) in [6.45, 7) is 1.94. The van der Waals surface area contributed by atoms with Crippen LogP contribution < -0.4 is 0 Å². The average molecular weight is 271 g/mol. The molecule has 3 rings (SSSR count). The molecule has 0 atom stereocenters. The van der Waals surface area contributed by atoms with Gasteiger partial charge in [0.1, 0.15) is 11.6 Å². The quantitative estimate of drug-likeness (QED) is 0.645. The average Bonchev–Trinajstić information content (AvgIpc) is 2.75. The third-order valence-corrected chi connectivity index (χ3v) is 3.30. The number of rotatable bonds is 2. The molecule has 2 aromatic heterocycles. The van der Waals surface area contributed by atoms with Gasteiger partial charge in [-0.15, -0.1) is 0 Å². The summed E-state index contributed by atoms with van der Waals surface area (Å²) in [5, 5.41) is 0. The molecule has 0 unspecified atom stereocenters. The molecule has 0 saturated carbocycles. The van der Waals surface area contributed by atoms with Crippen molar-refractivity contribution >= 4 is 11.8 Å². The van der Waals surface area contributed by atoms with E-state index < -0.39 is 11.6 Å². The molecule has 0 fully saturated rings. The minimum atomic E-state index is -0.680. The van der Waals surface area contributed by atoms with Crippen molar-refractivity contribution in [1.29, 1.82) is 0 Å². The zero-order valence-electron chi connectivity index (χ0n) is 10.7. The molecule has 100 valence electrons. The molecule has 0 aliphatic rings. The van der Waals surface area contributed by atoms with Gasteiger partial charge in [-0.3, -0.25) is 4.79 Å². The zero-order valence-corrected chi connectivity index (χ0v) is 10.7. The van der Waals surface area contributed by atoms with Crippen molar-refractivity contribution < 1.29 is 13.6 Å². The van der Waals surface area contributed by atoms with E-state index in [-0.39, 0.29) is 5.56 Å². The summed E-state index contributed by atoms with van der Waals surface area (Å²) in [6, 6.07) is 8.84. The highest BCUT2D eigenvalue weighted by molar-refractivity contribution is 5.90. The molecular weight excluding hydrogens is 260 g/mol. The normalized spacial score (nSPS) is 10.9. The maximum atomic E-state index is 13.9. The van der Waals surface area contributed by atoms with E-state index in [1.54, 1.807) is 16.7 Å². The number of halogens is 2. The Kier molecular flexibility index (Phi) is 2.86. The van der Waals surface area contributed by atoms with Crippen LogP contribution in [-0.2, 0) is 0 Å². The van der Waals surface area contributed by atoms with Crippen molar-refractivity contribution in [3.05, 3.63) is 65.5 Å². The van der Waals surface area contributed by atoms with Crippen LogP contribution in [0.25, 0.3) is 16.6 Å². The lowest BCUT2D eigenvalue weighted by Crippen LogP contribution is -1.94. The highest BCUT2D eigenvalue weighted by atomic mass is 19.1. The van der Waals surface area contributed by atoms with Crippen LogP contribution in [0.4, 0.5) is 8.78 Å². The molecule has 0 aliphatic carbocycles. The molecule has 2 nitrogen and oxygen atoms in total. The first kappa shape index (κ1) is 12.5. The van der Waals surface area contributed by atoms with Gasteiger partial charge in [0, 0.05) is 28.9 Å². The van der Waals surface area contributed by atoms with Crippen molar-refractivity contribution in [2.24, 2.45) is 0 Å². The summed E-state index contributed by atoms with van der Waals surface area (Å²) in [7, 11) is 0. The number of aldehydes is 1. The number of aromatic nitrogens is 1. The fourth-order valence-electron chi connectivity index (χ4n) is 2.36. The predicted octanol–water partition coefficient (Wildman–Crippen LogP) is 4.01. The molecule has 0 saturated heterocycles. The van der Waals surface area contributed by atoms with E-state index in [1.165, 1.54) is 12.1 Å². The van der Waals surface area contributed by atoms with Gasteiger partial charge in [0.05, 0.1) is 5.69 Å². The molecule has 0 radical (unpaired) electrons. The molecule has 0 aliphatic heterocycles. The fraction of sp³-hybridized carbons (Fsp3) is 0.0625. The largest absolute Gasteiger partial charge is 0.314 e. The van der Waals surface area contributed by atoms with Crippen molar-refractivity contribution in [2.45, 2.75) is 6.92 Å². The standard InChI is InChI=1S/C16H11F2NO/c1-10-4-5-19-12(6-10)8-14(16(19)9-20)13-3-2-11(17)7-15(13)18/h2-9H,1H3. The zero-order chi connectivity index (χ0) is 14.3. The van der Waals surface area contributed by atoms with Crippen LogP contribution in [0.5, 0.6) is 0 Å². The summed E-state index contributed by atoms with van der Waals surface area (Å²) >= 11 is 0. The highest BCUT2D eigenvalue weighted by Crippen LogP contribution is 2.29. The van der Waals surface area contributed by atoms with Gasteiger partial charge < -0.3 is 4.40 Å². The molecule has 0 spiro atoms. The third-order valence-electron chi connectivity index (χ3n) is 3.30. The molecule has 3 aromatic rings. The first-order valence-electron chi connectivity index (χ1n) is 6.12. The number of nitrogens with zero attached hydrogens (tertiary/aromatic N) is 1. The van der Waals surface area contributed by atoms with E-state index in [2.05, 4.69) is 0 Å². The van der Waals surface area contributed by atoms with Crippen LogP contribution in [0.2, 0.25) is 0 Å². The Bertz CT molecular complexity index is 821. The van der Waals surface area contributed by atoms with E-state index in [4.69, 9.17) is 0 Å². The maximum Gasteiger partial charge on any atom is 0.167 e. The van der Waals surface area contributed by atoms with Gasteiger partial charge in [0.25, 0.3) is 0 Å². The van der Waals surface area contributed by atoms with Gasteiger partial charge in [-0.25, -0.2) is 8.78 Å².